The van der Waals surface area contributed by atoms with E-state index in [2.05, 4.69) is 27.1 Å². The molecule has 1 amide bonds. The van der Waals surface area contributed by atoms with Crippen LogP contribution in [0.15, 0.2) is 0 Å². The van der Waals surface area contributed by atoms with Crippen molar-refractivity contribution < 1.29 is 4.79 Å². The summed E-state index contributed by atoms with van der Waals surface area (Å²) in [5.41, 5.74) is 0. The minimum absolute atomic E-state index is 0.450. The van der Waals surface area contributed by atoms with E-state index in [4.69, 9.17) is 0 Å². The van der Waals surface area contributed by atoms with E-state index in [0.29, 0.717) is 12.0 Å². The van der Waals surface area contributed by atoms with Gasteiger partial charge >= 0.3 is 0 Å². The van der Waals surface area contributed by atoms with Crippen molar-refractivity contribution in [2.75, 3.05) is 52.9 Å². The summed E-state index contributed by atoms with van der Waals surface area (Å²) in [5.74, 6) is 0.703. The van der Waals surface area contributed by atoms with E-state index in [-0.39, 0.29) is 0 Å². The van der Waals surface area contributed by atoms with E-state index >= 15 is 0 Å². The minimum Gasteiger partial charge on any atom is -0.356 e. The number of hydrogen-bond acceptors (Lipinski definition) is 4. The molecule has 2 saturated heterocycles. The first-order chi connectivity index (χ1) is 9.76. The van der Waals surface area contributed by atoms with Gasteiger partial charge < -0.3 is 15.1 Å². The highest BCUT2D eigenvalue weighted by molar-refractivity contribution is 5.47. The fraction of sp³-hybridized carbons (Fsp3) is 0.933. The third-order valence-electron chi connectivity index (χ3n) is 5.45. The molecule has 3 aliphatic rings. The summed E-state index contributed by atoms with van der Waals surface area (Å²) in [5, 5.41) is 2.99. The van der Waals surface area contributed by atoms with Crippen molar-refractivity contribution in [2.45, 2.75) is 31.3 Å². The first-order valence-electron chi connectivity index (χ1n) is 8.11. The summed E-state index contributed by atoms with van der Waals surface area (Å²) in [7, 11) is 2.21. The van der Waals surface area contributed by atoms with Crippen LogP contribution < -0.4 is 5.32 Å². The number of hydrogen-bond donors (Lipinski definition) is 1. The van der Waals surface area contributed by atoms with Gasteiger partial charge in [-0.05, 0) is 45.3 Å². The maximum Gasteiger partial charge on any atom is 0.207 e. The van der Waals surface area contributed by atoms with Gasteiger partial charge in [0.2, 0.25) is 6.41 Å². The third-order valence-corrected chi connectivity index (χ3v) is 5.45. The molecule has 1 aliphatic carbocycles. The number of piperidine rings is 1. The Bertz CT molecular complexity index is 330. The molecule has 5 heteroatoms. The Kier molecular flexibility index (Phi) is 4.58. The van der Waals surface area contributed by atoms with Crippen LogP contribution in [0.1, 0.15) is 19.3 Å². The van der Waals surface area contributed by atoms with Gasteiger partial charge in [0.05, 0.1) is 0 Å². The van der Waals surface area contributed by atoms with Gasteiger partial charge in [0.25, 0.3) is 0 Å². The molecule has 114 valence electrons. The highest BCUT2D eigenvalue weighted by Gasteiger charge is 2.43. The van der Waals surface area contributed by atoms with Gasteiger partial charge in [-0.3, -0.25) is 9.69 Å². The minimum atomic E-state index is 0.450. The van der Waals surface area contributed by atoms with Gasteiger partial charge in [0.1, 0.15) is 0 Å². The molecule has 3 unspecified atom stereocenters. The van der Waals surface area contributed by atoms with Gasteiger partial charge in [-0.2, -0.15) is 0 Å². The maximum atomic E-state index is 10.6. The first kappa shape index (κ1) is 14.3. The second-order valence-corrected chi connectivity index (χ2v) is 6.77. The molecule has 20 heavy (non-hydrogen) atoms. The fourth-order valence-corrected chi connectivity index (χ4v) is 4.18. The topological polar surface area (TPSA) is 38.8 Å². The molecule has 2 bridgehead atoms. The molecule has 0 aromatic heterocycles. The summed E-state index contributed by atoms with van der Waals surface area (Å²) in [6.07, 6.45) is 4.62. The second kappa shape index (κ2) is 6.41. The Morgan fingerprint density at radius 1 is 1.15 bits per heavy atom. The largest absolute Gasteiger partial charge is 0.356 e. The maximum absolute atomic E-state index is 10.6. The number of carbonyl (C=O) groups is 1. The average Bonchev–Trinajstić information content (AvgIpc) is 3.01. The Balaban J connectivity index is 1.34. The zero-order valence-electron chi connectivity index (χ0n) is 12.6. The number of likely N-dealkylation sites (N-methyl/N-ethyl adjacent to an activating group) is 1. The lowest BCUT2D eigenvalue weighted by Gasteiger charge is -2.34. The Morgan fingerprint density at radius 3 is 2.60 bits per heavy atom. The Labute approximate surface area is 122 Å². The number of piperazine rings is 1. The summed E-state index contributed by atoms with van der Waals surface area (Å²) >= 11 is 0. The smallest absolute Gasteiger partial charge is 0.207 e. The molecule has 3 atom stereocenters. The van der Waals surface area contributed by atoms with Crippen LogP contribution in [0, 0.1) is 5.92 Å². The van der Waals surface area contributed by atoms with Crippen molar-refractivity contribution in [1.82, 2.24) is 20.0 Å². The van der Waals surface area contributed by atoms with Crippen LogP contribution in [0.5, 0.6) is 0 Å². The van der Waals surface area contributed by atoms with Crippen molar-refractivity contribution in [3.05, 3.63) is 0 Å². The molecule has 1 N–H and O–H groups in total. The van der Waals surface area contributed by atoms with Crippen molar-refractivity contribution in [3.8, 4) is 0 Å². The van der Waals surface area contributed by atoms with Gasteiger partial charge in [-0.25, -0.2) is 0 Å². The van der Waals surface area contributed by atoms with Crippen molar-refractivity contribution in [2.24, 2.45) is 5.92 Å². The lowest BCUT2D eigenvalue weighted by Crippen LogP contribution is -2.46. The van der Waals surface area contributed by atoms with E-state index in [1.807, 2.05) is 0 Å². The molecular weight excluding hydrogens is 252 g/mol. The Morgan fingerprint density at radius 2 is 1.95 bits per heavy atom. The van der Waals surface area contributed by atoms with Crippen LogP contribution in [0.3, 0.4) is 0 Å². The monoisotopic (exact) mass is 280 g/mol. The SMILES string of the molecule is CN1CCN(CCCN2CC3CC2CC3NC=O)CC1. The van der Waals surface area contributed by atoms with Crippen LogP contribution in [0.2, 0.25) is 0 Å². The number of carbonyl (C=O) groups excluding carboxylic acids is 1. The predicted octanol–water partition coefficient (Wildman–Crippen LogP) is -0.167. The van der Waals surface area contributed by atoms with Crippen molar-refractivity contribution in [1.29, 1.82) is 0 Å². The highest BCUT2D eigenvalue weighted by Crippen LogP contribution is 2.37. The summed E-state index contributed by atoms with van der Waals surface area (Å²) in [6.45, 7) is 8.57. The van der Waals surface area contributed by atoms with Gasteiger partial charge in [0.15, 0.2) is 0 Å². The molecule has 0 radical (unpaired) electrons. The lowest BCUT2D eigenvalue weighted by atomic mass is 10.0. The van der Waals surface area contributed by atoms with Crippen LogP contribution in [0.4, 0.5) is 0 Å². The summed E-state index contributed by atoms with van der Waals surface area (Å²) < 4.78 is 0. The Hall–Kier alpha value is -0.650. The van der Waals surface area contributed by atoms with E-state index < -0.39 is 0 Å². The second-order valence-electron chi connectivity index (χ2n) is 6.77. The molecule has 0 spiro atoms. The molecule has 1 saturated carbocycles. The zero-order valence-corrected chi connectivity index (χ0v) is 12.6. The molecule has 5 nitrogen and oxygen atoms in total. The van der Waals surface area contributed by atoms with Gasteiger partial charge in [0, 0.05) is 44.8 Å². The van der Waals surface area contributed by atoms with Crippen LogP contribution in [-0.4, -0.2) is 86.1 Å². The third kappa shape index (κ3) is 3.15. The van der Waals surface area contributed by atoms with E-state index in [1.54, 1.807) is 0 Å². The number of fused-ring (bicyclic) bond motifs is 2. The molecule has 0 aromatic carbocycles. The predicted molar refractivity (Wildman–Crippen MR) is 79.6 cm³/mol. The van der Waals surface area contributed by atoms with E-state index in [1.165, 1.54) is 58.7 Å². The zero-order chi connectivity index (χ0) is 13.9. The number of nitrogens with zero attached hydrogens (tertiary/aromatic N) is 3. The van der Waals surface area contributed by atoms with Gasteiger partial charge in [-0.1, -0.05) is 0 Å². The molecule has 0 aromatic rings. The van der Waals surface area contributed by atoms with E-state index in [9.17, 15) is 4.79 Å². The van der Waals surface area contributed by atoms with Crippen LogP contribution in [-0.2, 0) is 4.79 Å². The summed E-state index contributed by atoms with van der Waals surface area (Å²) in [6, 6.07) is 1.18. The van der Waals surface area contributed by atoms with E-state index in [0.717, 1.165) is 18.9 Å². The molecule has 2 aliphatic heterocycles. The molecule has 3 rings (SSSR count). The van der Waals surface area contributed by atoms with Crippen molar-refractivity contribution >= 4 is 6.41 Å². The summed E-state index contributed by atoms with van der Waals surface area (Å²) in [4.78, 5) is 18.2. The highest BCUT2D eigenvalue weighted by atomic mass is 16.1. The fourth-order valence-electron chi connectivity index (χ4n) is 4.18. The normalized spacial score (nSPS) is 35.5. The molecular formula is C15H28N4O. The average molecular weight is 280 g/mol. The molecule has 3 fully saturated rings. The first-order valence-corrected chi connectivity index (χ1v) is 8.11. The quantitative estimate of drug-likeness (QED) is 0.686. The van der Waals surface area contributed by atoms with Crippen LogP contribution >= 0.6 is 0 Å². The number of rotatable bonds is 6. The standard InChI is InChI=1S/C15H28N4O/c1-17-5-7-18(8-6-17)3-2-4-19-11-13-9-14(19)10-15(13)16-12-20/h12-15H,2-11H2,1H3,(H,16,20). The van der Waals surface area contributed by atoms with Crippen molar-refractivity contribution in [3.63, 3.8) is 0 Å². The number of likely N-dealkylation sites (tertiary alicyclic amines) is 1. The van der Waals surface area contributed by atoms with Crippen LogP contribution in [0.25, 0.3) is 0 Å². The number of nitrogens with one attached hydrogen (secondary N) is 1. The number of amides is 1. The molecule has 2 heterocycles. The lowest BCUT2D eigenvalue weighted by molar-refractivity contribution is -0.110. The van der Waals surface area contributed by atoms with Gasteiger partial charge in [-0.15, -0.1) is 0 Å².